The summed E-state index contributed by atoms with van der Waals surface area (Å²) in [4.78, 5) is 0. The Morgan fingerprint density at radius 2 is 2.04 bits per heavy atom. The number of alkyl halides is 3. The summed E-state index contributed by atoms with van der Waals surface area (Å²) in [7, 11) is 0. The highest BCUT2D eigenvalue weighted by molar-refractivity contribution is 7.80. The highest BCUT2D eigenvalue weighted by Crippen LogP contribution is 2.30. The van der Waals surface area contributed by atoms with Crippen LogP contribution in [0.5, 0.6) is 5.75 Å². The van der Waals surface area contributed by atoms with Crippen molar-refractivity contribution >= 4 is 35.1 Å². The van der Waals surface area contributed by atoms with Crippen LogP contribution in [0.2, 0.25) is 5.02 Å². The highest BCUT2D eigenvalue weighted by atomic mass is 35.5. The average molecular weight is 388 g/mol. The van der Waals surface area contributed by atoms with E-state index in [0.717, 1.165) is 12.1 Å². The quantitative estimate of drug-likeness (QED) is 0.460. The number of hydrogen-bond acceptors (Lipinski definition) is 3. The second-order valence-electron chi connectivity index (χ2n) is 4.90. The maximum atomic E-state index is 12.7. The van der Waals surface area contributed by atoms with Crippen LogP contribution < -0.4 is 15.9 Å². The molecular weight excluding hydrogens is 375 g/mol. The Morgan fingerprint density at radius 1 is 1.28 bits per heavy atom. The highest BCUT2D eigenvalue weighted by Gasteiger charge is 2.30. The molecule has 0 saturated carbocycles. The van der Waals surface area contributed by atoms with Crippen molar-refractivity contribution in [1.82, 2.24) is 5.43 Å². The average Bonchev–Trinajstić information content (AvgIpc) is 2.53. The molecule has 0 aliphatic rings. The zero-order valence-electron chi connectivity index (χ0n) is 12.7. The number of benzene rings is 2. The third kappa shape index (κ3) is 5.91. The van der Waals surface area contributed by atoms with E-state index in [4.69, 9.17) is 22.1 Å². The predicted molar refractivity (Wildman–Crippen MR) is 94.7 cm³/mol. The summed E-state index contributed by atoms with van der Waals surface area (Å²) in [5.41, 5.74) is 7.83. The fourth-order valence-corrected chi connectivity index (χ4v) is 2.15. The van der Waals surface area contributed by atoms with Gasteiger partial charge < -0.3 is 10.5 Å². The van der Waals surface area contributed by atoms with Crippen molar-refractivity contribution in [1.29, 1.82) is 0 Å². The summed E-state index contributed by atoms with van der Waals surface area (Å²) < 4.78 is 43.8. The van der Waals surface area contributed by atoms with Crippen LogP contribution in [0.25, 0.3) is 0 Å². The zero-order valence-corrected chi connectivity index (χ0v) is 14.3. The van der Waals surface area contributed by atoms with Gasteiger partial charge >= 0.3 is 6.18 Å². The summed E-state index contributed by atoms with van der Waals surface area (Å²) in [6.45, 7) is -0.0465. The van der Waals surface area contributed by atoms with Gasteiger partial charge in [0.05, 0.1) is 11.8 Å². The van der Waals surface area contributed by atoms with E-state index >= 15 is 0 Å². The van der Waals surface area contributed by atoms with Crippen LogP contribution in [-0.2, 0) is 12.8 Å². The standard InChI is InChI=1S/C16H13ClF3N3OS/c17-13-4-5-14(11(7-13)8-22-23-15(21)25)24-9-10-2-1-3-12(6-10)16(18,19)20/h1-8H,9H2,(H3,21,23,25). The van der Waals surface area contributed by atoms with Crippen LogP contribution in [0, 0.1) is 0 Å². The number of hydrogen-bond donors (Lipinski definition) is 2. The van der Waals surface area contributed by atoms with Crippen LogP contribution in [0.1, 0.15) is 16.7 Å². The lowest BCUT2D eigenvalue weighted by atomic mass is 10.1. The minimum absolute atomic E-state index is 0.00953. The number of thiocarbonyl (C=S) groups is 1. The van der Waals surface area contributed by atoms with Crippen molar-refractivity contribution in [2.75, 3.05) is 0 Å². The first-order valence-corrected chi connectivity index (χ1v) is 7.71. The molecule has 2 aromatic rings. The maximum Gasteiger partial charge on any atom is 0.416 e. The molecule has 4 nitrogen and oxygen atoms in total. The fourth-order valence-electron chi connectivity index (χ4n) is 1.92. The van der Waals surface area contributed by atoms with Crippen molar-refractivity contribution in [3.63, 3.8) is 0 Å². The summed E-state index contributed by atoms with van der Waals surface area (Å²) >= 11 is 10.6. The number of rotatable bonds is 5. The van der Waals surface area contributed by atoms with Gasteiger partial charge in [0.1, 0.15) is 12.4 Å². The lowest BCUT2D eigenvalue weighted by Crippen LogP contribution is -2.24. The van der Waals surface area contributed by atoms with E-state index < -0.39 is 11.7 Å². The third-order valence-electron chi connectivity index (χ3n) is 3.00. The lowest BCUT2D eigenvalue weighted by molar-refractivity contribution is -0.137. The van der Waals surface area contributed by atoms with Crippen molar-refractivity contribution in [2.24, 2.45) is 10.8 Å². The summed E-state index contributed by atoms with van der Waals surface area (Å²) in [6.07, 6.45) is -3.01. The number of ether oxygens (including phenoxy) is 1. The van der Waals surface area contributed by atoms with Gasteiger partial charge in [-0.25, -0.2) is 0 Å². The van der Waals surface area contributed by atoms with E-state index in [1.54, 1.807) is 24.3 Å². The topological polar surface area (TPSA) is 59.6 Å². The summed E-state index contributed by atoms with van der Waals surface area (Å²) in [5.74, 6) is 0.398. The molecular formula is C16H13ClF3N3OS. The number of nitrogens with two attached hydrogens (primary N) is 1. The first-order valence-electron chi connectivity index (χ1n) is 6.92. The largest absolute Gasteiger partial charge is 0.488 e. The monoisotopic (exact) mass is 387 g/mol. The predicted octanol–water partition coefficient (Wildman–Crippen LogP) is 4.10. The molecule has 0 radical (unpaired) electrons. The molecule has 0 saturated heterocycles. The minimum atomic E-state index is -4.40. The Hall–Kier alpha value is -2.32. The number of nitrogens with zero attached hydrogens (tertiary/aromatic N) is 1. The third-order valence-corrected chi connectivity index (χ3v) is 3.33. The molecule has 3 N–H and O–H groups in total. The van der Waals surface area contributed by atoms with E-state index in [1.165, 1.54) is 12.3 Å². The molecule has 25 heavy (non-hydrogen) atoms. The Balaban J connectivity index is 2.15. The van der Waals surface area contributed by atoms with Crippen LogP contribution in [0.4, 0.5) is 13.2 Å². The van der Waals surface area contributed by atoms with E-state index in [-0.39, 0.29) is 11.7 Å². The first-order chi connectivity index (χ1) is 11.8. The summed E-state index contributed by atoms with van der Waals surface area (Å²) in [5, 5.41) is 4.25. The second kappa shape index (κ2) is 8.17. The molecule has 132 valence electrons. The molecule has 0 amide bonds. The van der Waals surface area contributed by atoms with Crippen molar-refractivity contribution in [3.8, 4) is 5.75 Å². The second-order valence-corrected chi connectivity index (χ2v) is 5.78. The van der Waals surface area contributed by atoms with Gasteiger partial charge in [0.2, 0.25) is 0 Å². The van der Waals surface area contributed by atoms with Crippen LogP contribution >= 0.6 is 23.8 Å². The SMILES string of the molecule is NC(=S)NN=Cc1cc(Cl)ccc1OCc1cccc(C(F)(F)F)c1. The van der Waals surface area contributed by atoms with Crippen LogP contribution in [-0.4, -0.2) is 11.3 Å². The molecule has 0 heterocycles. The molecule has 2 rings (SSSR count). The molecule has 0 atom stereocenters. The Labute approximate surface area is 152 Å². The Morgan fingerprint density at radius 3 is 2.72 bits per heavy atom. The minimum Gasteiger partial charge on any atom is -0.488 e. The van der Waals surface area contributed by atoms with Gasteiger partial charge in [-0.1, -0.05) is 23.7 Å². The van der Waals surface area contributed by atoms with Crippen LogP contribution in [0.15, 0.2) is 47.6 Å². The smallest absolute Gasteiger partial charge is 0.416 e. The van der Waals surface area contributed by atoms with Gasteiger partial charge in [-0.3, -0.25) is 5.43 Å². The molecule has 0 aromatic heterocycles. The van der Waals surface area contributed by atoms with E-state index in [9.17, 15) is 13.2 Å². The van der Waals surface area contributed by atoms with Crippen LogP contribution in [0.3, 0.4) is 0 Å². The van der Waals surface area contributed by atoms with Gasteiger partial charge in [-0.15, -0.1) is 0 Å². The Kier molecular flexibility index (Phi) is 6.22. The number of hydrazone groups is 1. The molecule has 0 spiro atoms. The lowest BCUT2D eigenvalue weighted by Gasteiger charge is -2.11. The molecule has 0 aliphatic heterocycles. The molecule has 0 fully saturated rings. The van der Waals surface area contributed by atoms with Gasteiger partial charge in [-0.05, 0) is 48.1 Å². The zero-order chi connectivity index (χ0) is 18.4. The molecule has 0 aliphatic carbocycles. The van der Waals surface area contributed by atoms with Gasteiger partial charge in [0, 0.05) is 10.6 Å². The van der Waals surface area contributed by atoms with Gasteiger partial charge in [-0.2, -0.15) is 18.3 Å². The van der Waals surface area contributed by atoms with Crippen molar-refractivity contribution in [2.45, 2.75) is 12.8 Å². The molecule has 0 unspecified atom stereocenters. The molecule has 9 heteroatoms. The Bertz CT molecular complexity index is 796. The normalized spacial score (nSPS) is 11.5. The van der Waals surface area contributed by atoms with E-state index in [2.05, 4.69) is 22.7 Å². The maximum absolute atomic E-state index is 12.7. The van der Waals surface area contributed by atoms with Crippen molar-refractivity contribution in [3.05, 3.63) is 64.2 Å². The van der Waals surface area contributed by atoms with Crippen molar-refractivity contribution < 1.29 is 17.9 Å². The summed E-state index contributed by atoms with van der Waals surface area (Å²) in [6, 6.07) is 9.71. The number of halogens is 4. The van der Waals surface area contributed by atoms with Gasteiger partial charge in [0.25, 0.3) is 0 Å². The number of nitrogens with one attached hydrogen (secondary N) is 1. The first kappa shape index (κ1) is 19.0. The van der Waals surface area contributed by atoms with E-state index in [0.29, 0.717) is 21.9 Å². The van der Waals surface area contributed by atoms with Gasteiger partial charge in [0.15, 0.2) is 5.11 Å². The van der Waals surface area contributed by atoms with E-state index in [1.807, 2.05) is 0 Å². The molecule has 0 bridgehead atoms. The molecule has 2 aromatic carbocycles. The fraction of sp³-hybridized carbons (Fsp3) is 0.125.